The van der Waals surface area contributed by atoms with E-state index in [4.69, 9.17) is 9.15 Å². The van der Waals surface area contributed by atoms with Crippen LogP contribution in [0.5, 0.6) is 0 Å². The van der Waals surface area contributed by atoms with Gasteiger partial charge in [0.05, 0.1) is 26.4 Å². The minimum atomic E-state index is -0.594. The van der Waals surface area contributed by atoms with Gasteiger partial charge in [-0.15, -0.1) is 5.10 Å². The van der Waals surface area contributed by atoms with E-state index < -0.39 is 23.9 Å². The van der Waals surface area contributed by atoms with Crippen molar-refractivity contribution < 1.29 is 28.3 Å². The lowest BCUT2D eigenvalue weighted by Crippen LogP contribution is -2.35. The fraction of sp³-hybridized carbons (Fsp3) is 0.474. The maximum absolute atomic E-state index is 13.0. The average Bonchev–Trinajstić information content (AvgIpc) is 3.46. The zero-order valence-electron chi connectivity index (χ0n) is 16.9. The van der Waals surface area contributed by atoms with Crippen LogP contribution >= 0.6 is 0 Å². The number of carbonyl (C=O) groups is 4. The smallest absolute Gasteiger partial charge is 0.325 e. The topological polar surface area (TPSA) is 140 Å². The standard InChI is InChI=1S/C19H22N6O6/c1-30-16(26)11-23-8-12-9-24(22-21-12)7-3-2-4-14-17(27)25(19(29)20-14)10-13-5-6-15(31-13)18(23)28/h5-6,9,14H,2-4,7-8,10-11H2,1H3,(H,20,29)/t14-/m0/s1. The molecule has 2 aromatic heterocycles. The molecule has 12 nitrogen and oxygen atoms in total. The van der Waals surface area contributed by atoms with E-state index in [1.807, 2.05) is 0 Å². The largest absolute Gasteiger partial charge is 0.468 e. The van der Waals surface area contributed by atoms with Crippen LogP contribution < -0.4 is 5.32 Å². The summed E-state index contributed by atoms with van der Waals surface area (Å²) in [6.45, 7) is 0.224. The predicted octanol–water partition coefficient (Wildman–Crippen LogP) is 0.291. The van der Waals surface area contributed by atoms with Crippen molar-refractivity contribution in [1.29, 1.82) is 0 Å². The molecule has 4 amide bonds. The van der Waals surface area contributed by atoms with Crippen LogP contribution in [-0.4, -0.2) is 68.3 Å². The van der Waals surface area contributed by atoms with Gasteiger partial charge in [-0.05, 0) is 31.4 Å². The Balaban J connectivity index is 1.63. The minimum absolute atomic E-state index is 0.0285. The monoisotopic (exact) mass is 430 g/mol. The van der Waals surface area contributed by atoms with E-state index in [9.17, 15) is 19.2 Å². The maximum atomic E-state index is 13.0. The van der Waals surface area contributed by atoms with Crippen LogP contribution in [0.2, 0.25) is 0 Å². The van der Waals surface area contributed by atoms with Gasteiger partial charge in [0.15, 0.2) is 5.76 Å². The van der Waals surface area contributed by atoms with Gasteiger partial charge in [-0.2, -0.15) is 0 Å². The van der Waals surface area contributed by atoms with Gasteiger partial charge < -0.3 is 19.4 Å². The van der Waals surface area contributed by atoms with Crippen LogP contribution in [0.1, 0.15) is 41.3 Å². The van der Waals surface area contributed by atoms with Gasteiger partial charge in [0.1, 0.15) is 24.0 Å². The average molecular weight is 430 g/mol. The Hall–Kier alpha value is -3.70. The molecule has 0 unspecified atom stereocenters. The third kappa shape index (κ3) is 4.42. The molecule has 2 aliphatic heterocycles. The molecule has 2 aliphatic rings. The Bertz CT molecular complexity index is 1010. The summed E-state index contributed by atoms with van der Waals surface area (Å²) in [6.07, 6.45) is 3.65. The SMILES string of the molecule is COC(=O)CN1Cc2cn(nn2)CCCC[C@@H]2NC(=O)N(Cc3ccc(o3)C1=O)C2=O. The second-order valence-electron chi connectivity index (χ2n) is 7.40. The second kappa shape index (κ2) is 8.58. The van der Waals surface area contributed by atoms with Crippen LogP contribution in [-0.2, 0) is 34.0 Å². The summed E-state index contributed by atoms with van der Waals surface area (Å²) in [5.41, 5.74) is 0.515. The fourth-order valence-corrected chi connectivity index (χ4v) is 3.57. The molecule has 1 fully saturated rings. The summed E-state index contributed by atoms with van der Waals surface area (Å²) in [4.78, 5) is 52.0. The first-order valence-electron chi connectivity index (χ1n) is 9.90. The predicted molar refractivity (Wildman–Crippen MR) is 102 cm³/mol. The number of ether oxygens (including phenoxy) is 1. The number of hydrogen-bond acceptors (Lipinski definition) is 8. The highest BCUT2D eigenvalue weighted by molar-refractivity contribution is 6.04. The number of nitrogens with one attached hydrogen (secondary N) is 1. The lowest BCUT2D eigenvalue weighted by atomic mass is 10.1. The Morgan fingerprint density at radius 2 is 2.10 bits per heavy atom. The highest BCUT2D eigenvalue weighted by atomic mass is 16.5. The van der Waals surface area contributed by atoms with Gasteiger partial charge in [-0.1, -0.05) is 5.21 Å². The molecule has 1 saturated heterocycles. The highest BCUT2D eigenvalue weighted by Crippen LogP contribution is 2.19. The molecule has 2 aromatic rings. The van der Waals surface area contributed by atoms with E-state index in [0.717, 1.165) is 11.3 Å². The number of imide groups is 1. The summed E-state index contributed by atoms with van der Waals surface area (Å²) < 4.78 is 11.9. The Morgan fingerprint density at radius 1 is 1.26 bits per heavy atom. The fourth-order valence-electron chi connectivity index (χ4n) is 3.57. The van der Waals surface area contributed by atoms with E-state index in [2.05, 4.69) is 15.6 Å². The number of furan rings is 1. The van der Waals surface area contributed by atoms with Gasteiger partial charge in [-0.3, -0.25) is 24.0 Å². The third-order valence-electron chi connectivity index (χ3n) is 5.20. The Kier molecular flexibility index (Phi) is 5.69. The lowest BCUT2D eigenvalue weighted by Gasteiger charge is -2.19. The van der Waals surface area contributed by atoms with Crippen LogP contribution in [0.4, 0.5) is 4.79 Å². The molecule has 31 heavy (non-hydrogen) atoms. The number of nitrogens with zero attached hydrogens (tertiary/aromatic N) is 5. The molecule has 4 heterocycles. The van der Waals surface area contributed by atoms with Gasteiger partial charge >= 0.3 is 12.0 Å². The molecule has 0 aliphatic carbocycles. The summed E-state index contributed by atoms with van der Waals surface area (Å²) in [6, 6.07) is 1.89. The van der Waals surface area contributed by atoms with E-state index in [1.165, 1.54) is 24.1 Å². The number of fused-ring (bicyclic) bond motifs is 6. The number of carbonyl (C=O) groups excluding carboxylic acids is 4. The third-order valence-corrected chi connectivity index (χ3v) is 5.20. The number of amides is 4. The van der Waals surface area contributed by atoms with Gasteiger partial charge in [-0.25, -0.2) is 4.79 Å². The Labute approximate surface area is 177 Å². The number of hydrogen-bond donors (Lipinski definition) is 1. The van der Waals surface area contributed by atoms with E-state index in [-0.39, 0.29) is 37.1 Å². The number of aromatic nitrogens is 3. The van der Waals surface area contributed by atoms with Crippen molar-refractivity contribution in [3.8, 4) is 0 Å². The zero-order valence-corrected chi connectivity index (χ0v) is 16.9. The first kappa shape index (κ1) is 20.6. The van der Waals surface area contributed by atoms with Gasteiger partial charge in [0.2, 0.25) is 0 Å². The van der Waals surface area contributed by atoms with Gasteiger partial charge in [0, 0.05) is 6.54 Å². The second-order valence-corrected chi connectivity index (χ2v) is 7.40. The Morgan fingerprint density at radius 3 is 2.90 bits per heavy atom. The van der Waals surface area contributed by atoms with Crippen LogP contribution in [0.3, 0.4) is 0 Å². The number of aryl methyl sites for hydroxylation is 1. The van der Waals surface area contributed by atoms with Crippen molar-refractivity contribution in [2.24, 2.45) is 0 Å². The van der Waals surface area contributed by atoms with E-state index in [1.54, 1.807) is 10.9 Å². The van der Waals surface area contributed by atoms with Crippen molar-refractivity contribution in [2.45, 2.75) is 44.9 Å². The van der Waals surface area contributed by atoms with Crippen molar-refractivity contribution in [2.75, 3.05) is 13.7 Å². The van der Waals surface area contributed by atoms with Crippen LogP contribution in [0.25, 0.3) is 0 Å². The van der Waals surface area contributed by atoms with E-state index in [0.29, 0.717) is 25.1 Å². The molecule has 0 radical (unpaired) electrons. The number of urea groups is 1. The lowest BCUT2D eigenvalue weighted by molar-refractivity contribution is -0.141. The molecule has 1 N–H and O–H groups in total. The molecule has 0 spiro atoms. The molecule has 0 aromatic carbocycles. The molecule has 0 saturated carbocycles. The number of rotatable bonds is 2. The van der Waals surface area contributed by atoms with E-state index >= 15 is 0 Å². The first-order valence-corrected chi connectivity index (χ1v) is 9.90. The molecule has 4 rings (SSSR count). The number of methoxy groups -OCH3 is 1. The minimum Gasteiger partial charge on any atom is -0.468 e. The summed E-state index contributed by atoms with van der Waals surface area (Å²) >= 11 is 0. The zero-order chi connectivity index (χ0) is 22.0. The molecule has 12 heteroatoms. The van der Waals surface area contributed by atoms with Crippen molar-refractivity contribution in [3.63, 3.8) is 0 Å². The van der Waals surface area contributed by atoms with Crippen LogP contribution in [0, 0.1) is 0 Å². The van der Waals surface area contributed by atoms with Crippen molar-refractivity contribution >= 4 is 23.8 Å². The molecule has 1 atom stereocenters. The molecule has 6 bridgehead atoms. The summed E-state index contributed by atoms with van der Waals surface area (Å²) in [5.74, 6) is -1.22. The van der Waals surface area contributed by atoms with Crippen LogP contribution in [0.15, 0.2) is 22.7 Å². The van der Waals surface area contributed by atoms with Crippen molar-refractivity contribution in [1.82, 2.24) is 30.1 Å². The molecular weight excluding hydrogens is 408 g/mol. The number of esters is 1. The quantitative estimate of drug-likeness (QED) is 0.530. The highest BCUT2D eigenvalue weighted by Gasteiger charge is 2.38. The summed E-state index contributed by atoms with van der Waals surface area (Å²) in [5, 5.41) is 10.8. The molecule has 164 valence electrons. The normalized spacial score (nSPS) is 19.9. The maximum Gasteiger partial charge on any atom is 0.325 e. The first-order chi connectivity index (χ1) is 14.9. The summed E-state index contributed by atoms with van der Waals surface area (Å²) in [7, 11) is 1.24. The van der Waals surface area contributed by atoms with Crippen molar-refractivity contribution in [3.05, 3.63) is 35.5 Å². The van der Waals surface area contributed by atoms with Gasteiger partial charge in [0.25, 0.3) is 11.8 Å². The molecular formula is C19H22N6O6.